The molecule has 3 fully saturated rings. The van der Waals surface area contributed by atoms with Gasteiger partial charge in [0, 0.05) is 36.1 Å². The van der Waals surface area contributed by atoms with Crippen molar-refractivity contribution in [3.8, 4) is 22.9 Å². The summed E-state index contributed by atoms with van der Waals surface area (Å²) < 4.78 is 21.5. The molecular weight excluding hydrogens is 517 g/mol. The van der Waals surface area contributed by atoms with Crippen LogP contribution in [0.25, 0.3) is 32.8 Å². The standard InChI is InChI=1S/C25H22ClFN4O2.C5H11N/c1-33-25-29-23-19(24(30-25)31-11-14-6-7-15(12-31)28-14)10-20(26)21(22(23)27)18-9-16(32)8-13-4-2-3-5-17(13)18;1-6-4-2-3-5-6/h2-5,8-10,14-15,28,32H,6-7,11-12H2,1H3;2-5H2,1H3. The minimum atomic E-state index is -0.562. The van der Waals surface area contributed by atoms with E-state index in [1.807, 2.05) is 24.3 Å². The third-order valence-corrected chi connectivity index (χ3v) is 8.28. The van der Waals surface area contributed by atoms with Crippen LogP contribution in [0.1, 0.15) is 25.7 Å². The Bertz CT molecular complexity index is 1520. The third-order valence-electron chi connectivity index (χ3n) is 7.99. The number of methoxy groups -OCH3 is 1. The Morgan fingerprint density at radius 1 is 1.03 bits per heavy atom. The zero-order valence-electron chi connectivity index (χ0n) is 22.3. The number of hydrogen-bond donors (Lipinski definition) is 2. The van der Waals surface area contributed by atoms with E-state index in [-0.39, 0.29) is 27.9 Å². The number of piperazine rings is 1. The van der Waals surface area contributed by atoms with Crippen molar-refractivity contribution in [2.45, 2.75) is 37.8 Å². The van der Waals surface area contributed by atoms with Gasteiger partial charge in [-0.2, -0.15) is 9.97 Å². The van der Waals surface area contributed by atoms with E-state index in [0.717, 1.165) is 36.7 Å². The van der Waals surface area contributed by atoms with E-state index >= 15 is 4.39 Å². The number of phenolic OH excluding ortho intramolecular Hbond substituents is 1. The molecule has 4 aromatic rings. The number of ether oxygens (including phenoxy) is 1. The number of aromatic nitrogens is 2. The van der Waals surface area contributed by atoms with Gasteiger partial charge in [0.05, 0.1) is 12.1 Å². The highest BCUT2D eigenvalue weighted by atomic mass is 35.5. The zero-order valence-corrected chi connectivity index (χ0v) is 23.0. The van der Waals surface area contributed by atoms with Gasteiger partial charge in [-0.1, -0.05) is 35.9 Å². The lowest BCUT2D eigenvalue weighted by Gasteiger charge is -2.34. The molecule has 39 heavy (non-hydrogen) atoms. The summed E-state index contributed by atoms with van der Waals surface area (Å²) in [4.78, 5) is 13.5. The minimum Gasteiger partial charge on any atom is -0.508 e. The average molecular weight is 550 g/mol. The summed E-state index contributed by atoms with van der Waals surface area (Å²) in [5.41, 5.74) is 0.854. The number of aromatic hydroxyl groups is 1. The van der Waals surface area contributed by atoms with Crippen molar-refractivity contribution in [3.63, 3.8) is 0 Å². The third kappa shape index (κ3) is 5.09. The van der Waals surface area contributed by atoms with Gasteiger partial charge in [-0.25, -0.2) is 4.39 Å². The molecule has 2 atom stereocenters. The van der Waals surface area contributed by atoms with Crippen LogP contribution in [0.4, 0.5) is 10.2 Å². The molecule has 3 aromatic carbocycles. The van der Waals surface area contributed by atoms with E-state index in [9.17, 15) is 5.11 Å². The van der Waals surface area contributed by atoms with Gasteiger partial charge in [-0.3, -0.25) is 0 Å². The number of nitrogens with zero attached hydrogens (tertiary/aromatic N) is 4. The van der Waals surface area contributed by atoms with Gasteiger partial charge in [0.25, 0.3) is 0 Å². The molecule has 0 aliphatic carbocycles. The van der Waals surface area contributed by atoms with Crippen molar-refractivity contribution in [2.24, 2.45) is 0 Å². The molecule has 2 N–H and O–H groups in total. The van der Waals surface area contributed by atoms with E-state index in [1.165, 1.54) is 39.1 Å². The van der Waals surface area contributed by atoms with Crippen LogP contribution in [-0.4, -0.2) is 72.4 Å². The van der Waals surface area contributed by atoms with Crippen molar-refractivity contribution in [1.29, 1.82) is 0 Å². The van der Waals surface area contributed by atoms with Gasteiger partial charge in [0.2, 0.25) is 0 Å². The van der Waals surface area contributed by atoms with E-state index in [4.69, 9.17) is 16.3 Å². The number of rotatable bonds is 3. The average Bonchev–Trinajstić information content (AvgIpc) is 3.55. The molecule has 2 unspecified atom stereocenters. The van der Waals surface area contributed by atoms with Gasteiger partial charge < -0.3 is 25.0 Å². The molecule has 3 saturated heterocycles. The van der Waals surface area contributed by atoms with Crippen LogP contribution in [0.15, 0.2) is 42.5 Å². The molecule has 7 nitrogen and oxygen atoms in total. The first-order valence-electron chi connectivity index (χ1n) is 13.6. The van der Waals surface area contributed by atoms with Crippen molar-refractivity contribution in [2.75, 3.05) is 45.2 Å². The summed E-state index contributed by atoms with van der Waals surface area (Å²) in [6.07, 6.45) is 5.06. The molecule has 0 amide bonds. The van der Waals surface area contributed by atoms with Gasteiger partial charge >= 0.3 is 6.01 Å². The van der Waals surface area contributed by atoms with Crippen LogP contribution in [0.3, 0.4) is 0 Å². The predicted octanol–water partition coefficient (Wildman–Crippen LogP) is 5.61. The van der Waals surface area contributed by atoms with Gasteiger partial charge in [-0.05, 0) is 80.4 Å². The summed E-state index contributed by atoms with van der Waals surface area (Å²) in [5.74, 6) is 0.105. The summed E-state index contributed by atoms with van der Waals surface area (Å²) in [6, 6.07) is 13.3. The summed E-state index contributed by atoms with van der Waals surface area (Å²) in [5, 5.41) is 16.3. The van der Waals surface area contributed by atoms with Crippen LogP contribution in [0.2, 0.25) is 5.02 Å². The van der Waals surface area contributed by atoms with E-state index in [2.05, 4.69) is 32.1 Å². The molecular formula is C30H33ClFN5O2. The molecule has 0 radical (unpaired) electrons. The van der Waals surface area contributed by atoms with E-state index in [1.54, 1.807) is 12.1 Å². The lowest BCUT2D eigenvalue weighted by molar-refractivity contribution is 0.380. The smallest absolute Gasteiger partial charge is 0.318 e. The summed E-state index contributed by atoms with van der Waals surface area (Å²) >= 11 is 6.71. The van der Waals surface area contributed by atoms with Crippen LogP contribution < -0.4 is 15.0 Å². The second kappa shape index (κ2) is 10.8. The highest BCUT2D eigenvalue weighted by molar-refractivity contribution is 6.35. The maximum Gasteiger partial charge on any atom is 0.318 e. The number of anilines is 1. The Morgan fingerprint density at radius 2 is 1.74 bits per heavy atom. The Hall–Kier alpha value is -3.20. The molecule has 4 heterocycles. The first-order chi connectivity index (χ1) is 18.9. The molecule has 2 bridgehead atoms. The van der Waals surface area contributed by atoms with Gasteiger partial charge in [0.1, 0.15) is 17.1 Å². The Labute approximate surface area is 232 Å². The van der Waals surface area contributed by atoms with Crippen LogP contribution in [0.5, 0.6) is 11.8 Å². The SMILES string of the molecule is CN1CCCC1.COc1nc(N2CC3CCC(C2)N3)c2cc(Cl)c(-c3cc(O)cc4ccccc34)c(F)c2n1. The minimum absolute atomic E-state index is 0.0384. The van der Waals surface area contributed by atoms with Crippen molar-refractivity contribution in [1.82, 2.24) is 20.2 Å². The monoisotopic (exact) mass is 549 g/mol. The number of fused-ring (bicyclic) bond motifs is 4. The number of hydrogen-bond acceptors (Lipinski definition) is 7. The maximum atomic E-state index is 16.2. The lowest BCUT2D eigenvalue weighted by atomic mass is 9.96. The number of phenols is 1. The first kappa shape index (κ1) is 26.0. The second-order valence-corrected chi connectivity index (χ2v) is 11.2. The Balaban J connectivity index is 0.000000410. The van der Waals surface area contributed by atoms with Gasteiger partial charge in [0.15, 0.2) is 5.82 Å². The fraction of sp³-hybridized carbons (Fsp3) is 0.400. The van der Waals surface area contributed by atoms with Crippen LogP contribution in [-0.2, 0) is 0 Å². The Kier molecular flexibility index (Phi) is 7.18. The Morgan fingerprint density at radius 3 is 2.41 bits per heavy atom. The molecule has 9 heteroatoms. The maximum absolute atomic E-state index is 16.2. The largest absolute Gasteiger partial charge is 0.508 e. The number of likely N-dealkylation sites (tertiary alicyclic amines) is 1. The first-order valence-corrected chi connectivity index (χ1v) is 13.9. The predicted molar refractivity (Wildman–Crippen MR) is 155 cm³/mol. The molecule has 0 saturated carbocycles. The highest BCUT2D eigenvalue weighted by Crippen LogP contribution is 2.42. The van der Waals surface area contributed by atoms with Crippen molar-refractivity contribution < 1.29 is 14.2 Å². The number of halogens is 2. The highest BCUT2D eigenvalue weighted by Gasteiger charge is 2.34. The number of nitrogens with one attached hydrogen (secondary N) is 1. The zero-order chi connectivity index (χ0) is 27.1. The molecule has 3 aliphatic rings. The molecule has 3 aliphatic heterocycles. The normalized spacial score (nSPS) is 20.9. The van der Waals surface area contributed by atoms with Crippen LogP contribution >= 0.6 is 11.6 Å². The van der Waals surface area contributed by atoms with E-state index < -0.39 is 5.82 Å². The fourth-order valence-electron chi connectivity index (χ4n) is 6.09. The van der Waals surface area contributed by atoms with Crippen molar-refractivity contribution in [3.05, 3.63) is 53.3 Å². The second-order valence-electron chi connectivity index (χ2n) is 10.7. The molecule has 0 spiro atoms. The number of benzene rings is 3. The molecule has 1 aromatic heterocycles. The lowest BCUT2D eigenvalue weighted by Crippen LogP contribution is -2.51. The summed E-state index contributed by atoms with van der Waals surface area (Å²) in [6.45, 7) is 4.20. The molecule has 7 rings (SSSR count). The van der Waals surface area contributed by atoms with Gasteiger partial charge in [-0.15, -0.1) is 0 Å². The van der Waals surface area contributed by atoms with Crippen molar-refractivity contribution >= 4 is 39.1 Å². The van der Waals surface area contributed by atoms with E-state index in [0.29, 0.717) is 28.9 Å². The van der Waals surface area contributed by atoms with Crippen LogP contribution in [0, 0.1) is 5.82 Å². The summed E-state index contributed by atoms with van der Waals surface area (Å²) in [7, 11) is 3.65. The fourth-order valence-corrected chi connectivity index (χ4v) is 6.38. The molecule has 204 valence electrons. The quantitative estimate of drug-likeness (QED) is 0.344. The topological polar surface area (TPSA) is 73.8 Å².